The summed E-state index contributed by atoms with van der Waals surface area (Å²) in [5.41, 5.74) is 1.17. The fourth-order valence-corrected chi connectivity index (χ4v) is 2.43. The second-order valence-corrected chi connectivity index (χ2v) is 4.80. The topological polar surface area (TPSA) is 39.7 Å². The summed E-state index contributed by atoms with van der Waals surface area (Å²) in [6, 6.07) is 6.07. The Morgan fingerprint density at radius 3 is 3.00 bits per heavy atom. The highest BCUT2D eigenvalue weighted by atomic mass is 16.6. The minimum atomic E-state index is 0.639. The van der Waals surface area contributed by atoms with Gasteiger partial charge >= 0.3 is 0 Å². The molecule has 1 fully saturated rings. The van der Waals surface area contributed by atoms with Gasteiger partial charge in [-0.3, -0.25) is 0 Å². The summed E-state index contributed by atoms with van der Waals surface area (Å²) in [4.78, 5) is 0. The van der Waals surface area contributed by atoms with Gasteiger partial charge in [-0.05, 0) is 18.4 Å². The zero-order valence-electron chi connectivity index (χ0n) is 10.5. The zero-order chi connectivity index (χ0) is 12.2. The summed E-state index contributed by atoms with van der Waals surface area (Å²) in [5, 5.41) is 3.48. The van der Waals surface area contributed by atoms with Crippen LogP contribution in [0.1, 0.15) is 12.0 Å². The first-order chi connectivity index (χ1) is 8.93. The van der Waals surface area contributed by atoms with Gasteiger partial charge in [0.25, 0.3) is 0 Å². The SMILES string of the molecule is c1cc(CNCC2CCOC2)c2c(c1)OCCO2. The van der Waals surface area contributed by atoms with Crippen molar-refractivity contribution in [2.24, 2.45) is 5.92 Å². The molecule has 2 aliphatic rings. The number of hydrogen-bond acceptors (Lipinski definition) is 4. The molecule has 0 spiro atoms. The lowest BCUT2D eigenvalue weighted by Gasteiger charge is -2.21. The van der Waals surface area contributed by atoms with Crippen LogP contribution in [0.2, 0.25) is 0 Å². The van der Waals surface area contributed by atoms with Crippen LogP contribution >= 0.6 is 0 Å². The summed E-state index contributed by atoms with van der Waals surface area (Å²) < 4.78 is 16.6. The van der Waals surface area contributed by atoms with E-state index < -0.39 is 0 Å². The van der Waals surface area contributed by atoms with Gasteiger partial charge in [-0.2, -0.15) is 0 Å². The molecule has 4 heteroatoms. The first-order valence-corrected chi connectivity index (χ1v) is 6.59. The molecule has 18 heavy (non-hydrogen) atoms. The van der Waals surface area contributed by atoms with Crippen LogP contribution in [0, 0.1) is 5.92 Å². The van der Waals surface area contributed by atoms with Crippen molar-refractivity contribution in [2.45, 2.75) is 13.0 Å². The summed E-state index contributed by atoms with van der Waals surface area (Å²) >= 11 is 0. The molecule has 1 aromatic rings. The van der Waals surface area contributed by atoms with Gasteiger partial charge in [0.1, 0.15) is 13.2 Å². The molecule has 4 nitrogen and oxygen atoms in total. The summed E-state index contributed by atoms with van der Waals surface area (Å²) in [6.07, 6.45) is 1.17. The van der Waals surface area contributed by atoms with Crippen LogP contribution in [0.25, 0.3) is 0 Å². The monoisotopic (exact) mass is 249 g/mol. The number of hydrogen-bond donors (Lipinski definition) is 1. The Kier molecular flexibility index (Phi) is 3.67. The van der Waals surface area contributed by atoms with E-state index in [-0.39, 0.29) is 0 Å². The third-order valence-electron chi connectivity index (χ3n) is 3.42. The van der Waals surface area contributed by atoms with E-state index in [1.165, 1.54) is 12.0 Å². The first kappa shape index (κ1) is 11.8. The van der Waals surface area contributed by atoms with E-state index in [1.54, 1.807) is 0 Å². The Hall–Kier alpha value is -1.26. The highest BCUT2D eigenvalue weighted by Gasteiger charge is 2.17. The Labute approximate surface area is 107 Å². The van der Waals surface area contributed by atoms with Crippen molar-refractivity contribution in [3.05, 3.63) is 23.8 Å². The van der Waals surface area contributed by atoms with Crippen LogP contribution < -0.4 is 14.8 Å². The second-order valence-electron chi connectivity index (χ2n) is 4.80. The van der Waals surface area contributed by atoms with E-state index in [4.69, 9.17) is 14.2 Å². The van der Waals surface area contributed by atoms with Crippen LogP contribution in [-0.2, 0) is 11.3 Å². The molecular weight excluding hydrogens is 230 g/mol. The molecule has 0 saturated carbocycles. The molecule has 98 valence electrons. The van der Waals surface area contributed by atoms with Crippen molar-refractivity contribution in [3.63, 3.8) is 0 Å². The average molecular weight is 249 g/mol. The maximum Gasteiger partial charge on any atom is 0.165 e. The minimum Gasteiger partial charge on any atom is -0.486 e. The van der Waals surface area contributed by atoms with Gasteiger partial charge in [0.15, 0.2) is 11.5 Å². The lowest BCUT2D eigenvalue weighted by molar-refractivity contribution is 0.169. The van der Waals surface area contributed by atoms with Crippen molar-refractivity contribution < 1.29 is 14.2 Å². The number of benzene rings is 1. The summed E-state index contributed by atoms with van der Waals surface area (Å²) in [6.45, 7) is 4.90. The lowest BCUT2D eigenvalue weighted by atomic mass is 10.1. The van der Waals surface area contributed by atoms with Crippen LogP contribution in [0.5, 0.6) is 11.5 Å². The summed E-state index contributed by atoms with van der Waals surface area (Å²) in [5.74, 6) is 2.42. The van der Waals surface area contributed by atoms with Crippen molar-refractivity contribution in [3.8, 4) is 11.5 Å². The van der Waals surface area contributed by atoms with Crippen LogP contribution in [-0.4, -0.2) is 33.0 Å². The standard InChI is InChI=1S/C14H19NO3/c1-2-12(9-15-8-11-4-5-16-10-11)14-13(3-1)17-6-7-18-14/h1-3,11,15H,4-10H2. The van der Waals surface area contributed by atoms with Gasteiger partial charge in [-0.1, -0.05) is 12.1 Å². The highest BCUT2D eigenvalue weighted by molar-refractivity contribution is 5.47. The molecule has 0 aromatic heterocycles. The smallest absolute Gasteiger partial charge is 0.165 e. The maximum atomic E-state index is 5.69. The van der Waals surface area contributed by atoms with Gasteiger partial charge in [0.2, 0.25) is 0 Å². The second kappa shape index (κ2) is 5.59. The average Bonchev–Trinajstić information content (AvgIpc) is 2.92. The lowest BCUT2D eigenvalue weighted by Crippen LogP contribution is -2.24. The maximum absolute atomic E-state index is 5.69. The molecule has 0 amide bonds. The third kappa shape index (κ3) is 2.60. The fourth-order valence-electron chi connectivity index (χ4n) is 2.43. The van der Waals surface area contributed by atoms with E-state index >= 15 is 0 Å². The molecule has 0 aliphatic carbocycles. The molecule has 2 heterocycles. The molecule has 1 saturated heterocycles. The van der Waals surface area contributed by atoms with Crippen molar-refractivity contribution in [1.82, 2.24) is 5.32 Å². The third-order valence-corrected chi connectivity index (χ3v) is 3.42. The number of nitrogens with one attached hydrogen (secondary N) is 1. The molecule has 0 bridgehead atoms. The predicted octanol–water partition coefficient (Wildman–Crippen LogP) is 1.58. The Morgan fingerprint density at radius 1 is 1.17 bits per heavy atom. The van der Waals surface area contributed by atoms with Crippen LogP contribution in [0.15, 0.2) is 18.2 Å². The molecule has 1 N–H and O–H groups in total. The molecule has 3 rings (SSSR count). The molecule has 1 aromatic carbocycles. The van der Waals surface area contributed by atoms with E-state index in [2.05, 4.69) is 11.4 Å². The zero-order valence-corrected chi connectivity index (χ0v) is 10.5. The minimum absolute atomic E-state index is 0.639. The van der Waals surface area contributed by atoms with Gasteiger partial charge < -0.3 is 19.5 Å². The molecule has 2 aliphatic heterocycles. The van der Waals surface area contributed by atoms with E-state index in [1.807, 2.05) is 12.1 Å². The summed E-state index contributed by atoms with van der Waals surface area (Å²) in [7, 11) is 0. The first-order valence-electron chi connectivity index (χ1n) is 6.59. The van der Waals surface area contributed by atoms with E-state index in [0.29, 0.717) is 19.1 Å². The number of para-hydroxylation sites is 1. The quantitative estimate of drug-likeness (QED) is 0.879. The molecule has 1 atom stereocenters. The predicted molar refractivity (Wildman–Crippen MR) is 68.1 cm³/mol. The number of rotatable bonds is 4. The number of ether oxygens (including phenoxy) is 3. The fraction of sp³-hybridized carbons (Fsp3) is 0.571. The van der Waals surface area contributed by atoms with Gasteiger partial charge in [-0.25, -0.2) is 0 Å². The Bertz CT molecular complexity index is 402. The van der Waals surface area contributed by atoms with Gasteiger partial charge in [-0.15, -0.1) is 0 Å². The molecular formula is C14H19NO3. The normalized spacial score (nSPS) is 22.1. The van der Waals surface area contributed by atoms with Gasteiger partial charge in [0, 0.05) is 25.3 Å². The van der Waals surface area contributed by atoms with E-state index in [9.17, 15) is 0 Å². The number of fused-ring (bicyclic) bond motifs is 1. The van der Waals surface area contributed by atoms with E-state index in [0.717, 1.165) is 37.8 Å². The largest absolute Gasteiger partial charge is 0.486 e. The van der Waals surface area contributed by atoms with Crippen LogP contribution in [0.3, 0.4) is 0 Å². The van der Waals surface area contributed by atoms with Crippen LogP contribution in [0.4, 0.5) is 0 Å². The Balaban J connectivity index is 1.58. The Morgan fingerprint density at radius 2 is 2.11 bits per heavy atom. The molecule has 0 radical (unpaired) electrons. The highest BCUT2D eigenvalue weighted by Crippen LogP contribution is 2.33. The van der Waals surface area contributed by atoms with Crippen molar-refractivity contribution in [1.29, 1.82) is 0 Å². The van der Waals surface area contributed by atoms with Gasteiger partial charge in [0.05, 0.1) is 6.61 Å². The van der Waals surface area contributed by atoms with Crippen molar-refractivity contribution >= 4 is 0 Å². The molecule has 1 unspecified atom stereocenters. The van der Waals surface area contributed by atoms with Crippen molar-refractivity contribution in [2.75, 3.05) is 33.0 Å².